The molecule has 1 aliphatic rings. The van der Waals surface area contributed by atoms with Crippen LogP contribution in [0.2, 0.25) is 0 Å². The molecule has 0 radical (unpaired) electrons. The minimum Gasteiger partial charge on any atom is -0.378 e. The summed E-state index contributed by atoms with van der Waals surface area (Å²) in [5.74, 6) is 0.665. The molecule has 0 saturated heterocycles. The maximum absolute atomic E-state index is 5.80. The summed E-state index contributed by atoms with van der Waals surface area (Å²) in [4.78, 5) is 0. The van der Waals surface area contributed by atoms with Crippen molar-refractivity contribution in [2.45, 2.75) is 52.2 Å². The summed E-state index contributed by atoms with van der Waals surface area (Å²) in [6.45, 7) is 8.58. The van der Waals surface area contributed by atoms with Crippen molar-refractivity contribution in [2.75, 3.05) is 13.2 Å². The van der Waals surface area contributed by atoms with Crippen LogP contribution in [0.25, 0.3) is 0 Å². The predicted molar refractivity (Wildman–Crippen MR) is 55.9 cm³/mol. The van der Waals surface area contributed by atoms with E-state index in [9.17, 15) is 0 Å². The first-order valence-corrected chi connectivity index (χ1v) is 5.57. The molecule has 0 amide bonds. The average molecular weight is 185 g/mol. The van der Waals surface area contributed by atoms with Gasteiger partial charge in [0.1, 0.15) is 0 Å². The van der Waals surface area contributed by atoms with Crippen molar-refractivity contribution in [3.63, 3.8) is 0 Å². The summed E-state index contributed by atoms with van der Waals surface area (Å²) >= 11 is 0. The lowest BCUT2D eigenvalue weighted by Gasteiger charge is -2.14. The van der Waals surface area contributed by atoms with E-state index in [1.165, 1.54) is 19.3 Å². The van der Waals surface area contributed by atoms with E-state index in [1.807, 2.05) is 0 Å². The Bertz CT molecular complexity index is 136. The fourth-order valence-corrected chi connectivity index (χ4v) is 1.89. The van der Waals surface area contributed by atoms with Crippen LogP contribution in [-0.4, -0.2) is 25.3 Å². The molecule has 0 spiro atoms. The van der Waals surface area contributed by atoms with Gasteiger partial charge in [-0.15, -0.1) is 0 Å². The number of nitrogens with one attached hydrogen (secondary N) is 1. The first-order chi connectivity index (χ1) is 6.22. The van der Waals surface area contributed by atoms with Crippen LogP contribution in [0.1, 0.15) is 40.0 Å². The van der Waals surface area contributed by atoms with Gasteiger partial charge < -0.3 is 10.1 Å². The summed E-state index contributed by atoms with van der Waals surface area (Å²) in [5.41, 5.74) is 0. The SMILES string of the molecule is CCNC1CCC(OCC(C)C)C1. The fourth-order valence-electron chi connectivity index (χ4n) is 1.89. The molecule has 13 heavy (non-hydrogen) atoms. The van der Waals surface area contributed by atoms with Crippen LogP contribution < -0.4 is 5.32 Å². The van der Waals surface area contributed by atoms with E-state index in [2.05, 4.69) is 26.1 Å². The second-order valence-corrected chi connectivity index (χ2v) is 4.42. The first kappa shape index (κ1) is 11.0. The molecule has 1 saturated carbocycles. The van der Waals surface area contributed by atoms with Gasteiger partial charge in [-0.3, -0.25) is 0 Å². The van der Waals surface area contributed by atoms with Crippen molar-refractivity contribution in [1.82, 2.24) is 5.32 Å². The molecule has 1 rings (SSSR count). The Labute approximate surface area is 82.0 Å². The highest BCUT2D eigenvalue weighted by molar-refractivity contribution is 4.80. The second-order valence-electron chi connectivity index (χ2n) is 4.42. The van der Waals surface area contributed by atoms with Crippen LogP contribution in [0.5, 0.6) is 0 Å². The molecule has 0 aromatic heterocycles. The van der Waals surface area contributed by atoms with Crippen LogP contribution >= 0.6 is 0 Å². The Hall–Kier alpha value is -0.0800. The summed E-state index contributed by atoms with van der Waals surface area (Å²) in [6.07, 6.45) is 4.26. The minimum absolute atomic E-state index is 0.520. The highest BCUT2D eigenvalue weighted by Crippen LogP contribution is 2.22. The van der Waals surface area contributed by atoms with Crippen molar-refractivity contribution >= 4 is 0 Å². The van der Waals surface area contributed by atoms with Gasteiger partial charge in [-0.1, -0.05) is 20.8 Å². The number of hydrogen-bond acceptors (Lipinski definition) is 2. The third kappa shape index (κ3) is 4.10. The molecule has 1 fully saturated rings. The van der Waals surface area contributed by atoms with Gasteiger partial charge in [0.15, 0.2) is 0 Å². The summed E-state index contributed by atoms with van der Waals surface area (Å²) in [6, 6.07) is 0.710. The third-order valence-electron chi connectivity index (χ3n) is 2.54. The van der Waals surface area contributed by atoms with Gasteiger partial charge in [0.05, 0.1) is 6.10 Å². The molecule has 0 bridgehead atoms. The zero-order valence-electron chi connectivity index (χ0n) is 9.18. The van der Waals surface area contributed by atoms with E-state index in [0.717, 1.165) is 13.2 Å². The summed E-state index contributed by atoms with van der Waals surface area (Å²) < 4.78 is 5.80. The van der Waals surface area contributed by atoms with Crippen molar-refractivity contribution in [3.05, 3.63) is 0 Å². The molecule has 1 aliphatic carbocycles. The normalized spacial score (nSPS) is 28.6. The number of ether oxygens (including phenoxy) is 1. The van der Waals surface area contributed by atoms with Crippen molar-refractivity contribution in [3.8, 4) is 0 Å². The van der Waals surface area contributed by atoms with Crippen molar-refractivity contribution in [1.29, 1.82) is 0 Å². The maximum atomic E-state index is 5.80. The molecule has 1 N–H and O–H groups in total. The smallest absolute Gasteiger partial charge is 0.0590 e. The highest BCUT2D eigenvalue weighted by atomic mass is 16.5. The lowest BCUT2D eigenvalue weighted by Crippen LogP contribution is -2.27. The molecule has 0 aliphatic heterocycles. The van der Waals surface area contributed by atoms with Gasteiger partial charge in [-0.2, -0.15) is 0 Å². The van der Waals surface area contributed by atoms with Gasteiger partial charge in [-0.25, -0.2) is 0 Å². The predicted octanol–water partition coefficient (Wildman–Crippen LogP) is 2.19. The average Bonchev–Trinajstić information content (AvgIpc) is 2.50. The van der Waals surface area contributed by atoms with Gasteiger partial charge in [0.25, 0.3) is 0 Å². The van der Waals surface area contributed by atoms with Gasteiger partial charge in [0, 0.05) is 12.6 Å². The van der Waals surface area contributed by atoms with Crippen molar-refractivity contribution < 1.29 is 4.74 Å². The summed E-state index contributed by atoms with van der Waals surface area (Å²) in [5, 5.41) is 3.48. The molecular formula is C11H23NO. The van der Waals surface area contributed by atoms with Crippen molar-refractivity contribution in [2.24, 2.45) is 5.92 Å². The summed E-state index contributed by atoms with van der Waals surface area (Å²) in [7, 11) is 0. The van der Waals surface area contributed by atoms with Gasteiger partial charge in [-0.05, 0) is 31.7 Å². The molecule has 2 nitrogen and oxygen atoms in total. The second kappa shape index (κ2) is 5.61. The van der Waals surface area contributed by atoms with Crippen LogP contribution in [0.3, 0.4) is 0 Å². The molecule has 0 aromatic carbocycles. The van der Waals surface area contributed by atoms with Gasteiger partial charge >= 0.3 is 0 Å². The van der Waals surface area contributed by atoms with E-state index >= 15 is 0 Å². The highest BCUT2D eigenvalue weighted by Gasteiger charge is 2.24. The lowest BCUT2D eigenvalue weighted by molar-refractivity contribution is 0.0393. The Morgan fingerprint density at radius 1 is 1.38 bits per heavy atom. The Kier molecular flexibility index (Phi) is 4.74. The molecular weight excluding hydrogens is 162 g/mol. The Balaban J connectivity index is 2.10. The number of hydrogen-bond donors (Lipinski definition) is 1. The Morgan fingerprint density at radius 3 is 2.77 bits per heavy atom. The molecule has 2 unspecified atom stereocenters. The lowest BCUT2D eigenvalue weighted by atomic mass is 10.2. The maximum Gasteiger partial charge on any atom is 0.0590 e. The number of rotatable bonds is 5. The van der Waals surface area contributed by atoms with E-state index in [0.29, 0.717) is 18.1 Å². The van der Waals surface area contributed by atoms with Crippen LogP contribution in [0, 0.1) is 5.92 Å². The van der Waals surface area contributed by atoms with E-state index in [4.69, 9.17) is 4.74 Å². The molecule has 0 aromatic rings. The fraction of sp³-hybridized carbons (Fsp3) is 1.00. The molecule has 2 heteroatoms. The standard InChI is InChI=1S/C11H23NO/c1-4-12-10-5-6-11(7-10)13-8-9(2)3/h9-12H,4-8H2,1-3H3. The molecule has 2 atom stereocenters. The van der Waals surface area contributed by atoms with E-state index < -0.39 is 0 Å². The first-order valence-electron chi connectivity index (χ1n) is 5.57. The minimum atomic E-state index is 0.520. The van der Waals surface area contributed by atoms with E-state index in [-0.39, 0.29) is 0 Å². The van der Waals surface area contributed by atoms with Gasteiger partial charge in [0.2, 0.25) is 0 Å². The van der Waals surface area contributed by atoms with Crippen LogP contribution in [-0.2, 0) is 4.74 Å². The van der Waals surface area contributed by atoms with Crippen LogP contribution in [0.4, 0.5) is 0 Å². The topological polar surface area (TPSA) is 21.3 Å². The third-order valence-corrected chi connectivity index (χ3v) is 2.54. The Morgan fingerprint density at radius 2 is 2.15 bits per heavy atom. The van der Waals surface area contributed by atoms with E-state index in [1.54, 1.807) is 0 Å². The zero-order valence-corrected chi connectivity index (χ0v) is 9.18. The quantitative estimate of drug-likeness (QED) is 0.709. The zero-order chi connectivity index (χ0) is 9.68. The molecule has 0 heterocycles. The molecule has 78 valence electrons. The van der Waals surface area contributed by atoms with Crippen LogP contribution in [0.15, 0.2) is 0 Å². The monoisotopic (exact) mass is 185 g/mol. The largest absolute Gasteiger partial charge is 0.378 e.